The normalized spacial score (nSPS) is 20.9. The summed E-state index contributed by atoms with van der Waals surface area (Å²) in [5.41, 5.74) is 7.53. The second-order valence-electron chi connectivity index (χ2n) is 5.28. The summed E-state index contributed by atoms with van der Waals surface area (Å²) in [6.45, 7) is 2.16. The van der Waals surface area contributed by atoms with Gasteiger partial charge in [-0.2, -0.15) is 0 Å². The van der Waals surface area contributed by atoms with Crippen molar-refractivity contribution in [1.82, 2.24) is 0 Å². The highest BCUT2D eigenvalue weighted by atomic mass is 79.9. The summed E-state index contributed by atoms with van der Waals surface area (Å²) in [5.74, 6) is 0.832. The molecule has 1 saturated carbocycles. The van der Waals surface area contributed by atoms with Crippen LogP contribution in [-0.4, -0.2) is 0 Å². The molecule has 1 unspecified atom stereocenters. The molecule has 0 saturated heterocycles. The van der Waals surface area contributed by atoms with Gasteiger partial charge in [-0.25, -0.2) is 0 Å². The van der Waals surface area contributed by atoms with Crippen LogP contribution in [0.15, 0.2) is 28.7 Å². The van der Waals surface area contributed by atoms with E-state index >= 15 is 0 Å². The van der Waals surface area contributed by atoms with Gasteiger partial charge < -0.3 is 5.73 Å². The average molecular weight is 282 g/mol. The van der Waals surface area contributed by atoms with E-state index in [1.165, 1.54) is 31.2 Å². The average Bonchev–Trinajstić information content (AvgIpc) is 2.70. The minimum Gasteiger partial charge on any atom is -0.322 e. The summed E-state index contributed by atoms with van der Waals surface area (Å²) < 4.78 is 1.12. The summed E-state index contributed by atoms with van der Waals surface area (Å²) in [5, 5.41) is 0. The van der Waals surface area contributed by atoms with E-state index in [1.54, 1.807) is 0 Å². The van der Waals surface area contributed by atoms with Gasteiger partial charge in [-0.1, -0.05) is 53.7 Å². The highest BCUT2D eigenvalue weighted by Gasteiger charge is 2.27. The number of hydrogen-bond acceptors (Lipinski definition) is 1. The molecule has 1 nitrogen and oxygen atoms in total. The first kappa shape index (κ1) is 12.1. The molecule has 1 aliphatic rings. The highest BCUT2D eigenvalue weighted by Crippen LogP contribution is 2.35. The van der Waals surface area contributed by atoms with E-state index in [2.05, 4.69) is 47.1 Å². The molecule has 0 heterocycles. The van der Waals surface area contributed by atoms with Crippen molar-refractivity contribution in [3.05, 3.63) is 34.3 Å². The predicted octanol–water partition coefficient (Wildman–Crippen LogP) is 4.20. The van der Waals surface area contributed by atoms with Crippen LogP contribution in [0, 0.1) is 5.92 Å². The predicted molar refractivity (Wildman–Crippen MR) is 72.3 cm³/mol. The maximum absolute atomic E-state index is 6.45. The maximum atomic E-state index is 6.45. The van der Waals surface area contributed by atoms with Crippen molar-refractivity contribution >= 4 is 15.9 Å². The van der Waals surface area contributed by atoms with Crippen LogP contribution >= 0.6 is 15.9 Å². The largest absolute Gasteiger partial charge is 0.322 e. The van der Waals surface area contributed by atoms with Gasteiger partial charge in [-0.15, -0.1) is 0 Å². The summed E-state index contributed by atoms with van der Waals surface area (Å²) >= 11 is 3.46. The van der Waals surface area contributed by atoms with Gasteiger partial charge in [0.25, 0.3) is 0 Å². The molecule has 88 valence electrons. The second-order valence-corrected chi connectivity index (χ2v) is 6.19. The van der Waals surface area contributed by atoms with Crippen molar-refractivity contribution in [3.63, 3.8) is 0 Å². The Hall–Kier alpha value is -0.340. The molecule has 1 fully saturated rings. The van der Waals surface area contributed by atoms with Gasteiger partial charge in [0.1, 0.15) is 0 Å². The van der Waals surface area contributed by atoms with Crippen LogP contribution in [0.4, 0.5) is 0 Å². The van der Waals surface area contributed by atoms with Gasteiger partial charge in [0, 0.05) is 10.0 Å². The van der Waals surface area contributed by atoms with Gasteiger partial charge in [0.05, 0.1) is 0 Å². The van der Waals surface area contributed by atoms with E-state index in [9.17, 15) is 0 Å². The Balaban J connectivity index is 2.07. The monoisotopic (exact) mass is 281 g/mol. The first-order valence-corrected chi connectivity index (χ1v) is 6.92. The number of rotatable bonds is 3. The molecule has 0 aromatic heterocycles. The van der Waals surface area contributed by atoms with Gasteiger partial charge >= 0.3 is 0 Å². The van der Waals surface area contributed by atoms with Crippen molar-refractivity contribution in [2.75, 3.05) is 0 Å². The molecule has 2 heteroatoms. The van der Waals surface area contributed by atoms with Crippen LogP contribution in [0.25, 0.3) is 0 Å². The summed E-state index contributed by atoms with van der Waals surface area (Å²) in [6, 6.07) is 8.43. The van der Waals surface area contributed by atoms with Gasteiger partial charge in [-0.3, -0.25) is 0 Å². The lowest BCUT2D eigenvalue weighted by Gasteiger charge is -2.28. The van der Waals surface area contributed by atoms with E-state index in [1.807, 2.05) is 0 Å². The third-order valence-electron chi connectivity index (χ3n) is 3.69. The smallest absolute Gasteiger partial charge is 0.0383 e. The summed E-state index contributed by atoms with van der Waals surface area (Å²) in [6.07, 6.45) is 6.63. The van der Waals surface area contributed by atoms with Gasteiger partial charge in [0.15, 0.2) is 0 Å². The molecule has 0 bridgehead atoms. The first-order valence-electron chi connectivity index (χ1n) is 6.13. The second kappa shape index (κ2) is 4.89. The zero-order valence-corrected chi connectivity index (χ0v) is 11.5. The molecule has 1 aromatic carbocycles. The van der Waals surface area contributed by atoms with Crippen LogP contribution in [0.1, 0.15) is 44.6 Å². The van der Waals surface area contributed by atoms with Crippen molar-refractivity contribution in [1.29, 1.82) is 0 Å². The van der Waals surface area contributed by atoms with Gasteiger partial charge in [0.2, 0.25) is 0 Å². The van der Waals surface area contributed by atoms with E-state index in [-0.39, 0.29) is 5.54 Å². The van der Waals surface area contributed by atoms with Gasteiger partial charge in [-0.05, 0) is 37.0 Å². The molecule has 0 aliphatic heterocycles. The highest BCUT2D eigenvalue weighted by molar-refractivity contribution is 9.10. The number of benzene rings is 1. The van der Waals surface area contributed by atoms with Crippen molar-refractivity contribution in [2.24, 2.45) is 11.7 Å². The standard InChI is InChI=1S/C14H20BrN/c1-14(16,10-11-4-2-3-5-11)12-6-8-13(15)9-7-12/h6-9,11H,2-5,10,16H2,1H3. The lowest BCUT2D eigenvalue weighted by atomic mass is 9.83. The Bertz CT molecular complexity index is 336. The molecule has 0 radical (unpaired) electrons. The first-order chi connectivity index (χ1) is 7.58. The molecule has 0 amide bonds. The lowest BCUT2D eigenvalue weighted by molar-refractivity contribution is 0.349. The Morgan fingerprint density at radius 2 is 1.81 bits per heavy atom. The Kier molecular flexibility index (Phi) is 3.70. The summed E-state index contributed by atoms with van der Waals surface area (Å²) in [4.78, 5) is 0. The number of hydrogen-bond donors (Lipinski definition) is 1. The van der Waals surface area contributed by atoms with E-state index in [0.29, 0.717) is 0 Å². The van der Waals surface area contributed by atoms with E-state index in [4.69, 9.17) is 5.73 Å². The lowest BCUT2D eigenvalue weighted by Crippen LogP contribution is -2.34. The van der Waals surface area contributed by atoms with Crippen LogP contribution in [0.2, 0.25) is 0 Å². The van der Waals surface area contributed by atoms with Crippen molar-refractivity contribution < 1.29 is 0 Å². The molecule has 1 aliphatic carbocycles. The molecular weight excluding hydrogens is 262 g/mol. The molecule has 0 spiro atoms. The molecule has 1 aromatic rings. The van der Waals surface area contributed by atoms with Crippen LogP contribution in [0.3, 0.4) is 0 Å². The SMILES string of the molecule is CC(N)(CC1CCCC1)c1ccc(Br)cc1. The maximum Gasteiger partial charge on any atom is 0.0383 e. The molecular formula is C14H20BrN. The number of nitrogens with two attached hydrogens (primary N) is 1. The fourth-order valence-electron chi connectivity index (χ4n) is 2.76. The van der Waals surface area contributed by atoms with E-state index < -0.39 is 0 Å². The molecule has 1 atom stereocenters. The fourth-order valence-corrected chi connectivity index (χ4v) is 3.03. The van der Waals surface area contributed by atoms with Crippen LogP contribution in [0.5, 0.6) is 0 Å². The van der Waals surface area contributed by atoms with Crippen molar-refractivity contribution in [3.8, 4) is 0 Å². The molecule has 16 heavy (non-hydrogen) atoms. The fraction of sp³-hybridized carbons (Fsp3) is 0.571. The Morgan fingerprint density at radius 3 is 2.38 bits per heavy atom. The van der Waals surface area contributed by atoms with Crippen LogP contribution < -0.4 is 5.73 Å². The Morgan fingerprint density at radius 1 is 1.25 bits per heavy atom. The minimum absolute atomic E-state index is 0.171. The summed E-state index contributed by atoms with van der Waals surface area (Å²) in [7, 11) is 0. The van der Waals surface area contributed by atoms with Crippen LogP contribution in [-0.2, 0) is 5.54 Å². The number of halogens is 1. The molecule has 2 rings (SSSR count). The molecule has 2 N–H and O–H groups in total. The Labute approximate surface area is 107 Å². The van der Waals surface area contributed by atoms with E-state index in [0.717, 1.165) is 16.8 Å². The zero-order valence-electron chi connectivity index (χ0n) is 9.88. The topological polar surface area (TPSA) is 26.0 Å². The zero-order chi connectivity index (χ0) is 11.6. The van der Waals surface area contributed by atoms with Crippen molar-refractivity contribution in [2.45, 2.75) is 44.6 Å². The third kappa shape index (κ3) is 2.86. The third-order valence-corrected chi connectivity index (χ3v) is 4.22. The quantitative estimate of drug-likeness (QED) is 0.883. The minimum atomic E-state index is -0.171.